The third kappa shape index (κ3) is 6.84. The van der Waals surface area contributed by atoms with Crippen molar-refractivity contribution in [1.82, 2.24) is 0 Å². The third-order valence-electron chi connectivity index (χ3n) is 3.09. The average Bonchev–Trinajstić information content (AvgIpc) is 2.93. The molecule has 23 heavy (non-hydrogen) atoms. The van der Waals surface area contributed by atoms with Gasteiger partial charge in [-0.25, -0.2) is 4.79 Å². The van der Waals surface area contributed by atoms with Crippen molar-refractivity contribution in [3.63, 3.8) is 0 Å². The highest BCUT2D eigenvalue weighted by Crippen LogP contribution is 2.31. The van der Waals surface area contributed by atoms with E-state index in [9.17, 15) is 14.7 Å². The molecule has 1 aliphatic rings. The van der Waals surface area contributed by atoms with Crippen molar-refractivity contribution in [2.45, 2.75) is 19.4 Å². The van der Waals surface area contributed by atoms with Crippen LogP contribution < -0.4 is 19.9 Å². The summed E-state index contributed by atoms with van der Waals surface area (Å²) in [4.78, 5) is 19.0. The van der Waals surface area contributed by atoms with Gasteiger partial charge in [0, 0.05) is 18.1 Å². The van der Waals surface area contributed by atoms with E-state index >= 15 is 0 Å². The lowest BCUT2D eigenvalue weighted by Crippen LogP contribution is -2.86. The van der Waals surface area contributed by atoms with Gasteiger partial charge in [0.15, 0.2) is 6.10 Å². The molecule has 7 nitrogen and oxygen atoms in total. The van der Waals surface area contributed by atoms with E-state index in [1.165, 1.54) is 5.56 Å². The molecule has 1 heterocycles. The monoisotopic (exact) mass is 323 g/mol. The van der Waals surface area contributed by atoms with Gasteiger partial charge in [-0.05, 0) is 31.2 Å². The average molecular weight is 323 g/mol. The van der Waals surface area contributed by atoms with E-state index in [2.05, 4.69) is 18.3 Å². The van der Waals surface area contributed by atoms with Crippen LogP contribution in [0.25, 0.3) is 0 Å². The van der Waals surface area contributed by atoms with Crippen LogP contribution in [0.15, 0.2) is 30.4 Å². The molecule has 7 heteroatoms. The molecule has 0 bridgehead atoms. The van der Waals surface area contributed by atoms with E-state index in [0.717, 1.165) is 31.0 Å². The summed E-state index contributed by atoms with van der Waals surface area (Å²) in [5.74, 6) is -0.871. The summed E-state index contributed by atoms with van der Waals surface area (Å²) in [5.41, 5.74) is 1.27. The van der Waals surface area contributed by atoms with Crippen LogP contribution in [0.1, 0.15) is 12.5 Å². The van der Waals surface area contributed by atoms with Gasteiger partial charge in [-0.2, -0.15) is 0 Å². The molecule has 1 aromatic carbocycles. The second kappa shape index (κ2) is 9.47. The number of likely N-dealkylation sites (N-methyl/N-ethyl adjacent to an activating group) is 1. The lowest BCUT2D eigenvalue weighted by molar-refractivity contribution is -0.656. The summed E-state index contributed by atoms with van der Waals surface area (Å²) < 4.78 is 11.0. The van der Waals surface area contributed by atoms with E-state index < -0.39 is 11.9 Å². The Labute approximate surface area is 134 Å². The maximum absolute atomic E-state index is 9.53. The fraction of sp³-hybridized carbons (Fsp3) is 0.375. The van der Waals surface area contributed by atoms with Gasteiger partial charge in [0.2, 0.25) is 0 Å². The molecule has 3 N–H and O–H groups in total. The third-order valence-corrected chi connectivity index (χ3v) is 3.09. The molecule has 1 aliphatic heterocycles. The molecule has 1 atom stereocenters. The Hall–Kier alpha value is -2.54. The highest BCUT2D eigenvalue weighted by molar-refractivity contribution is 5.88. The van der Waals surface area contributed by atoms with Gasteiger partial charge >= 0.3 is 5.97 Å². The van der Waals surface area contributed by atoms with E-state index in [1.807, 2.05) is 12.1 Å². The summed E-state index contributed by atoms with van der Waals surface area (Å²) >= 11 is 0. The first kappa shape index (κ1) is 18.5. The highest BCUT2D eigenvalue weighted by atomic mass is 16.5. The Bertz CT molecular complexity index is 554. The van der Waals surface area contributed by atoms with Gasteiger partial charge < -0.3 is 29.8 Å². The minimum atomic E-state index is -1.51. The van der Waals surface area contributed by atoms with Crippen molar-refractivity contribution in [1.29, 1.82) is 0 Å². The smallest absolute Gasteiger partial charge is 0.328 e. The number of aliphatic carboxylic acids is 2. The zero-order valence-corrected chi connectivity index (χ0v) is 13.2. The fourth-order valence-electron chi connectivity index (χ4n) is 2.05. The predicted octanol–water partition coefficient (Wildman–Crippen LogP) is -1.04. The first-order chi connectivity index (χ1) is 11.0. The zero-order valence-electron chi connectivity index (χ0n) is 13.2. The van der Waals surface area contributed by atoms with Crippen molar-refractivity contribution in [2.24, 2.45) is 0 Å². The van der Waals surface area contributed by atoms with Gasteiger partial charge in [0.25, 0.3) is 0 Å². The van der Waals surface area contributed by atoms with Gasteiger partial charge in [-0.15, -0.1) is 0 Å². The molecule has 0 amide bonds. The standard InChI is InChI=1S/C12H17NO2.C4H4O4/c1-3-13-8-11-7-9-6-10(14-2)4-5-12(9)15-11;5-3(6)1-2-4(7)8/h4-6,11,13H,3,7-8H2,1-2H3;1-2H,(H,5,6)(H,7,8)/b;2-1-. The Balaban J connectivity index is 0.000000284. The topological polar surface area (TPSA) is 113 Å². The molecule has 0 saturated carbocycles. The van der Waals surface area contributed by atoms with Crippen molar-refractivity contribution in [3.8, 4) is 11.5 Å². The maximum Gasteiger partial charge on any atom is 0.328 e. The number of fused-ring (bicyclic) bond motifs is 1. The number of carbonyl (C=O) groups excluding carboxylic acids is 1. The second-order valence-electron chi connectivity index (χ2n) is 4.84. The van der Waals surface area contributed by atoms with Gasteiger partial charge in [0.05, 0.1) is 19.6 Å². The van der Waals surface area contributed by atoms with Crippen LogP contribution in [0.3, 0.4) is 0 Å². The van der Waals surface area contributed by atoms with E-state index in [4.69, 9.17) is 14.6 Å². The molecular weight excluding hydrogens is 302 g/mol. The minimum Gasteiger partial charge on any atom is -0.545 e. The highest BCUT2D eigenvalue weighted by Gasteiger charge is 2.24. The molecule has 0 fully saturated rings. The maximum atomic E-state index is 9.53. The number of benzene rings is 1. The number of carboxylic acid groups (broad SMARTS) is 2. The van der Waals surface area contributed by atoms with Crippen LogP contribution in [0.4, 0.5) is 0 Å². The molecular formula is C16H21NO6. The first-order valence-electron chi connectivity index (χ1n) is 7.23. The normalized spacial score (nSPS) is 15.3. The SMILES string of the molecule is CC[NH2+]CC1Cc2cc(OC)ccc2O1.O=C([O-])/C=C\C(=O)O. The number of carbonyl (C=O) groups is 2. The zero-order chi connectivity index (χ0) is 17.2. The van der Waals surface area contributed by atoms with E-state index in [1.54, 1.807) is 7.11 Å². The van der Waals surface area contributed by atoms with Crippen LogP contribution in [-0.2, 0) is 16.0 Å². The number of quaternary nitrogens is 1. The molecule has 1 aromatic rings. The van der Waals surface area contributed by atoms with Gasteiger partial charge in [-0.3, -0.25) is 0 Å². The van der Waals surface area contributed by atoms with Crippen LogP contribution in [0, 0.1) is 0 Å². The number of ether oxygens (including phenoxy) is 2. The van der Waals surface area contributed by atoms with Crippen molar-refractivity contribution >= 4 is 11.9 Å². The van der Waals surface area contributed by atoms with Crippen molar-refractivity contribution in [2.75, 3.05) is 20.2 Å². The summed E-state index contributed by atoms with van der Waals surface area (Å²) in [6.45, 7) is 4.30. The number of rotatable bonds is 6. The van der Waals surface area contributed by atoms with Gasteiger partial charge in [0.1, 0.15) is 18.0 Å². The van der Waals surface area contributed by atoms with Crippen molar-refractivity contribution in [3.05, 3.63) is 35.9 Å². The molecule has 0 radical (unpaired) electrons. The molecule has 0 saturated heterocycles. The quantitative estimate of drug-likeness (QED) is 0.647. The predicted molar refractivity (Wildman–Crippen MR) is 80.2 cm³/mol. The fourth-order valence-corrected chi connectivity index (χ4v) is 2.05. The van der Waals surface area contributed by atoms with Crippen LogP contribution in [0.2, 0.25) is 0 Å². The lowest BCUT2D eigenvalue weighted by atomic mass is 10.1. The van der Waals surface area contributed by atoms with Crippen molar-refractivity contribution < 1.29 is 34.6 Å². The first-order valence-corrected chi connectivity index (χ1v) is 7.23. The van der Waals surface area contributed by atoms with Crippen LogP contribution >= 0.6 is 0 Å². The number of hydrogen-bond donors (Lipinski definition) is 2. The molecule has 1 unspecified atom stereocenters. The number of methoxy groups -OCH3 is 1. The number of nitrogens with two attached hydrogens (primary N) is 1. The molecule has 2 rings (SSSR count). The number of carboxylic acids is 2. The summed E-state index contributed by atoms with van der Waals surface area (Å²) in [5, 5.41) is 19.5. The second-order valence-corrected chi connectivity index (χ2v) is 4.84. The molecule has 0 aliphatic carbocycles. The number of hydrogen-bond acceptors (Lipinski definition) is 5. The van der Waals surface area contributed by atoms with Crippen LogP contribution in [-0.4, -0.2) is 43.3 Å². The molecule has 126 valence electrons. The Morgan fingerprint density at radius 1 is 1.48 bits per heavy atom. The molecule has 0 spiro atoms. The Kier molecular flexibility index (Phi) is 7.62. The summed E-state index contributed by atoms with van der Waals surface area (Å²) in [6.07, 6.45) is 2.27. The van der Waals surface area contributed by atoms with Crippen LogP contribution in [0.5, 0.6) is 11.5 Å². The van der Waals surface area contributed by atoms with Gasteiger partial charge in [-0.1, -0.05) is 0 Å². The Morgan fingerprint density at radius 3 is 2.74 bits per heavy atom. The Morgan fingerprint density at radius 2 is 2.22 bits per heavy atom. The largest absolute Gasteiger partial charge is 0.545 e. The lowest BCUT2D eigenvalue weighted by Gasteiger charge is -2.07. The van der Waals surface area contributed by atoms with E-state index in [0.29, 0.717) is 18.3 Å². The summed E-state index contributed by atoms with van der Waals surface area (Å²) in [6, 6.07) is 6.02. The molecule has 0 aromatic heterocycles. The summed E-state index contributed by atoms with van der Waals surface area (Å²) in [7, 11) is 1.69. The minimum absolute atomic E-state index is 0.326. The van der Waals surface area contributed by atoms with E-state index in [-0.39, 0.29) is 0 Å².